The summed E-state index contributed by atoms with van der Waals surface area (Å²) in [4.78, 5) is 45.8. The lowest BCUT2D eigenvalue weighted by molar-refractivity contribution is -0.157. The second kappa shape index (κ2) is 10.3. The predicted octanol–water partition coefficient (Wildman–Crippen LogP) is 4.36. The van der Waals surface area contributed by atoms with Gasteiger partial charge in [0.05, 0.1) is 25.7 Å². The van der Waals surface area contributed by atoms with Crippen molar-refractivity contribution in [2.75, 3.05) is 0 Å². The summed E-state index contributed by atoms with van der Waals surface area (Å²) >= 11 is 0. The van der Waals surface area contributed by atoms with Crippen molar-refractivity contribution in [2.45, 2.75) is 96.7 Å². The van der Waals surface area contributed by atoms with E-state index in [-0.39, 0.29) is 43.3 Å². The van der Waals surface area contributed by atoms with Crippen LogP contribution in [-0.2, 0) is 28.7 Å². The smallest absolute Gasteiger partial charge is 0.306 e. The van der Waals surface area contributed by atoms with E-state index < -0.39 is 23.9 Å². The molecule has 2 N–H and O–H groups in total. The van der Waals surface area contributed by atoms with Crippen LogP contribution >= 0.6 is 0 Å². The Bertz CT molecular complexity index is 894. The molecule has 194 valence electrons. The van der Waals surface area contributed by atoms with Crippen LogP contribution in [0.4, 0.5) is 0 Å². The van der Waals surface area contributed by atoms with Crippen molar-refractivity contribution in [3.05, 3.63) is 11.6 Å². The molecule has 3 saturated carbocycles. The zero-order chi connectivity index (χ0) is 25.3. The number of allylic oxidation sites excluding steroid dienone is 1. The summed E-state index contributed by atoms with van der Waals surface area (Å²) in [5.74, 6) is -0.468. The van der Waals surface area contributed by atoms with Crippen LogP contribution in [-0.4, -0.2) is 46.3 Å². The minimum atomic E-state index is -0.992. The Kier molecular flexibility index (Phi) is 7.57. The highest BCUT2D eigenvalue weighted by atomic mass is 16.5. The first-order valence-electron chi connectivity index (χ1n) is 13.1. The molecule has 0 aromatic rings. The van der Waals surface area contributed by atoms with Gasteiger partial charge in [-0.15, -0.1) is 0 Å². The van der Waals surface area contributed by atoms with Crippen molar-refractivity contribution >= 4 is 23.9 Å². The first kappa shape index (κ1) is 25.7. The highest BCUT2D eigenvalue weighted by molar-refractivity contribution is 5.77. The highest BCUT2D eigenvalue weighted by Gasteiger charge is 2.57. The molecule has 0 aromatic heterocycles. The third-order valence-corrected chi connectivity index (χ3v) is 9.35. The second-order valence-corrected chi connectivity index (χ2v) is 11.4. The second-order valence-electron chi connectivity index (χ2n) is 11.4. The number of carboxylic acids is 2. The van der Waals surface area contributed by atoms with E-state index in [9.17, 15) is 19.2 Å². The van der Waals surface area contributed by atoms with Gasteiger partial charge >= 0.3 is 23.9 Å². The van der Waals surface area contributed by atoms with Gasteiger partial charge < -0.3 is 19.7 Å². The molecule has 0 heterocycles. The molecule has 0 radical (unpaired) electrons. The SMILES string of the molecule is C[C@@H]1CC2C(CC=C3C[C@@H](OC(=O)CCC(=O)O)CC[C@@]32C)C2CC[C@H](OC(=O)CCC(=O)O)C21. The Morgan fingerprint density at radius 2 is 1.60 bits per heavy atom. The lowest BCUT2D eigenvalue weighted by atomic mass is 9.49. The summed E-state index contributed by atoms with van der Waals surface area (Å²) in [5.41, 5.74) is 1.45. The molecule has 35 heavy (non-hydrogen) atoms. The summed E-state index contributed by atoms with van der Waals surface area (Å²) in [6, 6.07) is 0. The van der Waals surface area contributed by atoms with Crippen LogP contribution in [0.15, 0.2) is 11.6 Å². The number of carbonyl (C=O) groups excluding carboxylic acids is 2. The van der Waals surface area contributed by atoms with Crippen LogP contribution in [0, 0.1) is 35.0 Å². The summed E-state index contributed by atoms with van der Waals surface area (Å²) in [6.07, 6.45) is 7.94. The average molecular weight is 491 g/mol. The van der Waals surface area contributed by atoms with Crippen LogP contribution in [0.1, 0.15) is 84.5 Å². The number of fused-ring (bicyclic) bond motifs is 5. The summed E-state index contributed by atoms with van der Waals surface area (Å²) in [6.45, 7) is 4.64. The summed E-state index contributed by atoms with van der Waals surface area (Å²) < 4.78 is 11.4. The minimum absolute atomic E-state index is 0.0718. The van der Waals surface area contributed by atoms with Crippen molar-refractivity contribution in [3.63, 3.8) is 0 Å². The molecule has 0 spiro atoms. The lowest BCUT2D eigenvalue weighted by Crippen LogP contribution is -2.50. The number of rotatable bonds is 8. The molecule has 4 unspecified atom stereocenters. The van der Waals surface area contributed by atoms with Gasteiger partial charge in [0, 0.05) is 12.3 Å². The van der Waals surface area contributed by atoms with Crippen LogP contribution in [0.3, 0.4) is 0 Å². The molecule has 8 heteroatoms. The van der Waals surface area contributed by atoms with Gasteiger partial charge in [-0.3, -0.25) is 19.2 Å². The van der Waals surface area contributed by atoms with Gasteiger partial charge in [-0.1, -0.05) is 25.5 Å². The number of ether oxygens (including phenoxy) is 2. The molecule has 0 bridgehead atoms. The van der Waals surface area contributed by atoms with Crippen molar-refractivity contribution in [2.24, 2.45) is 35.0 Å². The van der Waals surface area contributed by atoms with Crippen LogP contribution in [0.2, 0.25) is 0 Å². The number of carbonyl (C=O) groups is 4. The van der Waals surface area contributed by atoms with E-state index in [4.69, 9.17) is 19.7 Å². The van der Waals surface area contributed by atoms with E-state index in [0.29, 0.717) is 29.6 Å². The normalized spacial score (nSPS) is 37.8. The van der Waals surface area contributed by atoms with Gasteiger partial charge in [-0.2, -0.15) is 0 Å². The van der Waals surface area contributed by atoms with Gasteiger partial charge in [0.25, 0.3) is 0 Å². The Balaban J connectivity index is 1.40. The molecule has 0 amide bonds. The Morgan fingerprint density at radius 1 is 0.943 bits per heavy atom. The van der Waals surface area contributed by atoms with Crippen LogP contribution in [0.5, 0.6) is 0 Å². The fourth-order valence-corrected chi connectivity index (χ4v) is 7.76. The average Bonchev–Trinajstić information content (AvgIpc) is 3.21. The van der Waals surface area contributed by atoms with E-state index in [0.717, 1.165) is 44.9 Å². The summed E-state index contributed by atoms with van der Waals surface area (Å²) in [5, 5.41) is 17.6. The third kappa shape index (κ3) is 5.41. The number of hydrogen-bond donors (Lipinski definition) is 2. The quantitative estimate of drug-likeness (QED) is 0.380. The van der Waals surface area contributed by atoms with E-state index in [1.807, 2.05) is 0 Å². The van der Waals surface area contributed by atoms with E-state index in [1.54, 1.807) is 0 Å². The molecule has 0 saturated heterocycles. The van der Waals surface area contributed by atoms with Gasteiger partial charge in [-0.05, 0) is 67.6 Å². The molecule has 3 fully saturated rings. The zero-order valence-electron chi connectivity index (χ0n) is 20.7. The number of aliphatic carboxylic acids is 2. The van der Waals surface area contributed by atoms with Crippen molar-refractivity contribution in [3.8, 4) is 0 Å². The monoisotopic (exact) mass is 490 g/mol. The maximum atomic E-state index is 12.2. The molecule has 8 atom stereocenters. The molecule has 0 aliphatic heterocycles. The zero-order valence-corrected chi connectivity index (χ0v) is 20.7. The van der Waals surface area contributed by atoms with E-state index in [1.165, 1.54) is 5.57 Å². The maximum absolute atomic E-state index is 12.2. The van der Waals surface area contributed by atoms with Gasteiger partial charge in [0.15, 0.2) is 0 Å². The third-order valence-electron chi connectivity index (χ3n) is 9.35. The largest absolute Gasteiger partial charge is 0.481 e. The number of carboxylic acid groups (broad SMARTS) is 2. The van der Waals surface area contributed by atoms with Crippen LogP contribution < -0.4 is 0 Å². The minimum Gasteiger partial charge on any atom is -0.481 e. The standard InChI is InChI=1S/C27H38O8/c1-15-13-20-18(19-5-6-21(26(15)19)35-25(33)10-8-23(30)31)4-3-16-14-17(11-12-27(16,20)2)34-24(32)9-7-22(28)29/h3,15,17-21,26H,4-14H2,1-2H3,(H,28,29)(H,30,31)/t15-,17+,18?,19?,20?,21+,26?,27+/m1/s1. The molecule has 0 aromatic carbocycles. The van der Waals surface area contributed by atoms with Gasteiger partial charge in [0.2, 0.25) is 0 Å². The fraction of sp³-hybridized carbons (Fsp3) is 0.778. The van der Waals surface area contributed by atoms with Gasteiger partial charge in [-0.25, -0.2) is 0 Å². The highest BCUT2D eigenvalue weighted by Crippen LogP contribution is 2.63. The number of esters is 2. The predicted molar refractivity (Wildman–Crippen MR) is 125 cm³/mol. The van der Waals surface area contributed by atoms with E-state index >= 15 is 0 Å². The Hall–Kier alpha value is -2.38. The van der Waals surface area contributed by atoms with E-state index in [2.05, 4.69) is 19.9 Å². The fourth-order valence-electron chi connectivity index (χ4n) is 7.76. The summed E-state index contributed by atoms with van der Waals surface area (Å²) in [7, 11) is 0. The maximum Gasteiger partial charge on any atom is 0.306 e. The first-order chi connectivity index (χ1) is 16.6. The molecular weight excluding hydrogens is 452 g/mol. The molecule has 4 rings (SSSR count). The Morgan fingerprint density at radius 3 is 2.26 bits per heavy atom. The van der Waals surface area contributed by atoms with Crippen LogP contribution in [0.25, 0.3) is 0 Å². The van der Waals surface area contributed by atoms with Crippen molar-refractivity contribution in [1.29, 1.82) is 0 Å². The molecular formula is C27H38O8. The topological polar surface area (TPSA) is 127 Å². The van der Waals surface area contributed by atoms with Crippen molar-refractivity contribution < 1.29 is 38.9 Å². The van der Waals surface area contributed by atoms with Crippen molar-refractivity contribution in [1.82, 2.24) is 0 Å². The Labute approximate surface area is 206 Å². The molecule has 8 nitrogen and oxygen atoms in total. The first-order valence-corrected chi connectivity index (χ1v) is 13.1. The lowest BCUT2D eigenvalue weighted by Gasteiger charge is -2.56. The number of hydrogen-bond acceptors (Lipinski definition) is 6. The molecule has 4 aliphatic rings. The molecule has 4 aliphatic carbocycles. The van der Waals surface area contributed by atoms with Gasteiger partial charge in [0.1, 0.15) is 12.2 Å².